The van der Waals surface area contributed by atoms with Crippen LogP contribution < -0.4 is 11.3 Å². The number of alkyl halides is 2. The van der Waals surface area contributed by atoms with E-state index in [1.807, 2.05) is 0 Å². The fourth-order valence-electron chi connectivity index (χ4n) is 5.15. The molecule has 0 spiro atoms. The van der Waals surface area contributed by atoms with E-state index in [9.17, 15) is 13.9 Å². The fourth-order valence-corrected chi connectivity index (χ4v) is 8.09. The van der Waals surface area contributed by atoms with Crippen molar-refractivity contribution in [3.05, 3.63) is 35.7 Å². The average molecular weight is 696 g/mol. The summed E-state index contributed by atoms with van der Waals surface area (Å²) in [4.78, 5) is 34.6. The van der Waals surface area contributed by atoms with Gasteiger partial charge in [0.2, 0.25) is 0 Å². The zero-order chi connectivity index (χ0) is 31.0. The molecule has 24 heteroatoms. The molecule has 0 saturated carbocycles. The number of H-pyrrole nitrogens is 1. The Morgan fingerprint density at radius 3 is 2.20 bits per heavy atom. The van der Waals surface area contributed by atoms with Crippen molar-refractivity contribution in [1.29, 1.82) is 0 Å². The molecule has 0 amide bonds. The van der Waals surface area contributed by atoms with Crippen LogP contribution in [0, 0.1) is 0 Å². The molecule has 0 aromatic carbocycles. The molecular formula is C20H21F2N9O9P2S2. The summed E-state index contributed by atoms with van der Waals surface area (Å²) in [6.45, 7) is -10.3. The number of halogens is 2. The van der Waals surface area contributed by atoms with Gasteiger partial charge in [-0.2, -0.15) is 0 Å². The van der Waals surface area contributed by atoms with Gasteiger partial charge in [0.1, 0.15) is 36.3 Å². The molecule has 18 nitrogen and oxygen atoms in total. The van der Waals surface area contributed by atoms with E-state index in [0.29, 0.717) is 0 Å². The number of nitrogens with two attached hydrogens (primary N) is 1. The Hall–Kier alpha value is -2.52. The van der Waals surface area contributed by atoms with Crippen LogP contribution in [-0.2, 0) is 36.7 Å². The van der Waals surface area contributed by atoms with Crippen molar-refractivity contribution in [1.82, 2.24) is 39.0 Å². The van der Waals surface area contributed by atoms with E-state index in [1.54, 1.807) is 0 Å². The summed E-state index contributed by atoms with van der Waals surface area (Å²) < 4.78 is 94.1. The molecule has 4 aromatic rings. The maximum Gasteiger partial charge on any atom is 0.386 e. The summed E-state index contributed by atoms with van der Waals surface area (Å²) in [5.74, 6) is 0.0401. The van der Waals surface area contributed by atoms with Crippen molar-refractivity contribution in [2.75, 3.05) is 18.9 Å². The maximum atomic E-state index is 16.0. The summed E-state index contributed by atoms with van der Waals surface area (Å²) in [5, 5.41) is 0. The molecular weight excluding hydrogens is 674 g/mol. The van der Waals surface area contributed by atoms with Gasteiger partial charge in [0, 0.05) is 0 Å². The number of ether oxygens (including phenoxy) is 2. The van der Waals surface area contributed by atoms with E-state index < -0.39 is 81.6 Å². The van der Waals surface area contributed by atoms with E-state index in [2.05, 4.69) is 54.4 Å². The van der Waals surface area contributed by atoms with Gasteiger partial charge >= 0.3 is 13.6 Å². The minimum atomic E-state index is -4.46. The standard InChI is InChI=1S/C20H21F2N9O9P2S2/c21-9-7-1-35-41(33,43)39-13-8(38-19(10(13)22)30-5-28-11-15(23)24-3-25-16(11)30)2-36-42(34,44)40-14(9)20(37-7)31-6-29-12-17(31)26-4-27-18(12)32/h3-10,13-14,19-20H,1-2H2,(H,33,43)(H,34,44)(H2,23,24,25)(H,26,27,32)/t7-,8-,9+,10+,13-,14-,19-,20-,41?,42?/m1/s1. The van der Waals surface area contributed by atoms with Gasteiger partial charge in [0.05, 0.1) is 32.2 Å². The zero-order valence-electron chi connectivity index (χ0n) is 21.8. The van der Waals surface area contributed by atoms with Crippen LogP contribution in [0.4, 0.5) is 14.6 Å². The molecule has 7 heterocycles. The summed E-state index contributed by atoms with van der Waals surface area (Å²) in [5.41, 5.74) is 5.48. The second-order valence-corrected chi connectivity index (χ2v) is 15.6. The highest BCUT2D eigenvalue weighted by molar-refractivity contribution is 8.44. The molecule has 3 fully saturated rings. The number of nitrogens with zero attached hydrogens (tertiary/aromatic N) is 7. The first-order chi connectivity index (χ1) is 20.9. The average Bonchev–Trinajstić information content (AvgIpc) is 3.73. The normalized spacial score (nSPS) is 38.3. The Bertz CT molecular complexity index is 1900. The third-order valence-electron chi connectivity index (χ3n) is 7.15. The van der Waals surface area contributed by atoms with Crippen molar-refractivity contribution in [3.8, 4) is 0 Å². The van der Waals surface area contributed by atoms with Gasteiger partial charge in [-0.05, 0) is 0 Å². The summed E-state index contributed by atoms with van der Waals surface area (Å²) in [6, 6.07) is 0. The summed E-state index contributed by atoms with van der Waals surface area (Å²) >= 11 is 7.94. The number of fused-ring (bicyclic) bond motifs is 5. The SMILES string of the molecule is Nc1ncnc2c1ncn2[C@@H]1O[C@@H]2COP(=O)(S)O[C@@H]3[C@@H](F)[C@@H](COP(=O)(S)O[C@H]2[C@@H]1F)O[C@H]3n1cnc2c(=O)[nH]cnc21. The maximum absolute atomic E-state index is 16.0. The molecule has 0 aliphatic carbocycles. The number of thiol groups is 2. The lowest BCUT2D eigenvalue weighted by Gasteiger charge is -2.26. The minimum Gasteiger partial charge on any atom is -0.382 e. The fraction of sp³-hybridized carbons (Fsp3) is 0.500. The Labute approximate surface area is 254 Å². The van der Waals surface area contributed by atoms with Crippen LogP contribution >= 0.6 is 38.1 Å². The van der Waals surface area contributed by atoms with Gasteiger partial charge < -0.3 is 20.2 Å². The van der Waals surface area contributed by atoms with E-state index >= 15 is 8.78 Å². The van der Waals surface area contributed by atoms with Crippen molar-refractivity contribution in [3.63, 3.8) is 0 Å². The second kappa shape index (κ2) is 11.1. The lowest BCUT2D eigenvalue weighted by molar-refractivity contribution is -0.0563. The van der Waals surface area contributed by atoms with Gasteiger partial charge in [-0.25, -0.2) is 42.8 Å². The van der Waals surface area contributed by atoms with E-state index in [-0.39, 0.29) is 28.1 Å². The number of imidazole rings is 2. The second-order valence-electron chi connectivity index (χ2n) is 9.83. The molecule has 3 aliphatic heterocycles. The summed E-state index contributed by atoms with van der Waals surface area (Å²) in [6.07, 6.45) is -8.62. The molecule has 4 aromatic heterocycles. The van der Waals surface area contributed by atoms with Crippen LogP contribution in [0.5, 0.6) is 0 Å². The van der Waals surface area contributed by atoms with Crippen LogP contribution in [0.1, 0.15) is 12.5 Å². The topological polar surface area (TPSA) is 223 Å². The number of hydrogen-bond acceptors (Lipinski definition) is 15. The first-order valence-corrected chi connectivity index (χ1v) is 18.1. The molecule has 7 rings (SSSR count). The number of aromatic nitrogens is 8. The molecule has 3 N–H and O–H groups in total. The Morgan fingerprint density at radius 1 is 0.841 bits per heavy atom. The van der Waals surface area contributed by atoms with Crippen LogP contribution in [0.25, 0.3) is 22.3 Å². The van der Waals surface area contributed by atoms with Gasteiger partial charge in [0.25, 0.3) is 5.56 Å². The molecule has 0 radical (unpaired) electrons. The smallest absolute Gasteiger partial charge is 0.382 e. The van der Waals surface area contributed by atoms with Crippen LogP contribution in [0.15, 0.2) is 30.1 Å². The van der Waals surface area contributed by atoms with Crippen molar-refractivity contribution < 1.29 is 45.5 Å². The molecule has 3 saturated heterocycles. The van der Waals surface area contributed by atoms with Crippen molar-refractivity contribution in [2.24, 2.45) is 0 Å². The summed E-state index contributed by atoms with van der Waals surface area (Å²) in [7, 11) is 0. The molecule has 236 valence electrons. The molecule has 10 atom stereocenters. The van der Waals surface area contributed by atoms with E-state index in [4.69, 9.17) is 33.3 Å². The van der Waals surface area contributed by atoms with Gasteiger partial charge in [-0.1, -0.05) is 24.5 Å². The number of nitrogen functional groups attached to an aromatic ring is 1. The monoisotopic (exact) mass is 695 g/mol. The Balaban J connectivity index is 1.20. The molecule has 2 bridgehead atoms. The van der Waals surface area contributed by atoms with Crippen LogP contribution in [-0.4, -0.2) is 89.0 Å². The highest BCUT2D eigenvalue weighted by Crippen LogP contribution is 2.60. The van der Waals surface area contributed by atoms with Gasteiger partial charge in [-0.3, -0.25) is 32.0 Å². The molecule has 2 unspecified atom stereocenters. The van der Waals surface area contributed by atoms with Crippen LogP contribution in [0.2, 0.25) is 0 Å². The van der Waals surface area contributed by atoms with Crippen molar-refractivity contribution >= 4 is 66.2 Å². The molecule has 3 aliphatic rings. The van der Waals surface area contributed by atoms with Crippen LogP contribution in [0.3, 0.4) is 0 Å². The Morgan fingerprint density at radius 2 is 1.45 bits per heavy atom. The number of aromatic amines is 1. The quantitative estimate of drug-likeness (QED) is 0.174. The first kappa shape index (κ1) is 30.2. The van der Waals surface area contributed by atoms with E-state index in [1.165, 1.54) is 15.5 Å². The van der Waals surface area contributed by atoms with Gasteiger partial charge in [0.15, 0.2) is 47.4 Å². The third kappa shape index (κ3) is 5.25. The largest absolute Gasteiger partial charge is 0.386 e. The number of anilines is 1. The predicted molar refractivity (Wildman–Crippen MR) is 150 cm³/mol. The third-order valence-corrected chi connectivity index (χ3v) is 10.4. The minimum absolute atomic E-state index is 0.00151. The lowest BCUT2D eigenvalue weighted by Crippen LogP contribution is -2.33. The lowest BCUT2D eigenvalue weighted by atomic mass is 10.1. The van der Waals surface area contributed by atoms with Crippen molar-refractivity contribution in [2.45, 2.75) is 49.2 Å². The van der Waals surface area contributed by atoms with E-state index in [0.717, 1.165) is 19.0 Å². The first-order valence-electron chi connectivity index (χ1n) is 12.7. The Kier molecular flexibility index (Phi) is 7.59. The highest BCUT2D eigenvalue weighted by Gasteiger charge is 2.54. The number of nitrogens with one attached hydrogen (secondary N) is 1. The number of rotatable bonds is 2. The molecule has 44 heavy (non-hydrogen) atoms. The highest BCUT2D eigenvalue weighted by atomic mass is 32.7. The predicted octanol–water partition coefficient (Wildman–Crippen LogP) is 1.91. The zero-order valence-corrected chi connectivity index (χ0v) is 25.3. The number of hydrogen-bond donors (Lipinski definition) is 4. The van der Waals surface area contributed by atoms with Gasteiger partial charge in [-0.15, -0.1) is 0 Å².